The van der Waals surface area contributed by atoms with Gasteiger partial charge in [0.2, 0.25) is 0 Å². The summed E-state index contributed by atoms with van der Waals surface area (Å²) in [6.45, 7) is 8.03. The van der Waals surface area contributed by atoms with Crippen molar-refractivity contribution in [2.45, 2.75) is 25.8 Å². The molecule has 2 nitrogen and oxygen atoms in total. The van der Waals surface area contributed by atoms with Gasteiger partial charge in [-0.15, -0.1) is 0 Å². The highest BCUT2D eigenvalue weighted by Crippen LogP contribution is 2.15. The molecule has 0 radical (unpaired) electrons. The highest BCUT2D eigenvalue weighted by molar-refractivity contribution is 5.18. The van der Waals surface area contributed by atoms with Gasteiger partial charge in [-0.25, -0.2) is 0 Å². The Morgan fingerprint density at radius 3 is 2.59 bits per heavy atom. The first-order valence-corrected chi connectivity index (χ1v) is 6.23. The van der Waals surface area contributed by atoms with Crippen LogP contribution < -0.4 is 5.73 Å². The van der Waals surface area contributed by atoms with Crippen LogP contribution in [0.15, 0.2) is 42.5 Å². The van der Waals surface area contributed by atoms with Gasteiger partial charge in [-0.3, -0.25) is 0 Å². The van der Waals surface area contributed by atoms with E-state index in [1.807, 2.05) is 18.2 Å². The van der Waals surface area contributed by atoms with Crippen LogP contribution in [0.3, 0.4) is 0 Å². The van der Waals surface area contributed by atoms with E-state index < -0.39 is 0 Å². The molecule has 2 N–H and O–H groups in total. The van der Waals surface area contributed by atoms with E-state index in [0.29, 0.717) is 0 Å². The van der Waals surface area contributed by atoms with Gasteiger partial charge in [0, 0.05) is 12.6 Å². The summed E-state index contributed by atoms with van der Waals surface area (Å²) < 4.78 is 0. The van der Waals surface area contributed by atoms with E-state index in [2.05, 4.69) is 37.6 Å². The van der Waals surface area contributed by atoms with Crippen molar-refractivity contribution >= 4 is 0 Å². The Morgan fingerprint density at radius 1 is 1.35 bits per heavy atom. The molecule has 0 aliphatic rings. The van der Waals surface area contributed by atoms with Crippen LogP contribution in [0.5, 0.6) is 0 Å². The lowest BCUT2D eigenvalue weighted by molar-refractivity contribution is 0.346. The van der Waals surface area contributed by atoms with Gasteiger partial charge in [-0.2, -0.15) is 0 Å². The maximum Gasteiger partial charge on any atom is 0.0295 e. The molecule has 0 bridgehead atoms. The molecule has 17 heavy (non-hydrogen) atoms. The predicted octanol–water partition coefficient (Wildman–Crippen LogP) is 2.97. The van der Waals surface area contributed by atoms with E-state index in [4.69, 9.17) is 5.73 Å². The fourth-order valence-electron chi connectivity index (χ4n) is 1.99. The number of benzene rings is 1. The summed E-state index contributed by atoms with van der Waals surface area (Å²) in [6.07, 6.45) is 2.16. The summed E-state index contributed by atoms with van der Waals surface area (Å²) in [7, 11) is 2.13. The Balaban J connectivity index is 2.25. The molecule has 0 fully saturated rings. The molecule has 1 aromatic carbocycles. The number of hydrogen-bond donors (Lipinski definition) is 1. The minimum atomic E-state index is 0.162. The van der Waals surface area contributed by atoms with Gasteiger partial charge in [-0.05, 0) is 38.9 Å². The summed E-state index contributed by atoms with van der Waals surface area (Å²) in [6, 6.07) is 10.5. The fourth-order valence-corrected chi connectivity index (χ4v) is 1.99. The Hall–Kier alpha value is -1.12. The molecule has 0 aliphatic heterocycles. The highest BCUT2D eigenvalue weighted by Gasteiger charge is 2.05. The van der Waals surface area contributed by atoms with E-state index in [1.54, 1.807) is 0 Å². The lowest BCUT2D eigenvalue weighted by Gasteiger charge is -2.18. The summed E-state index contributed by atoms with van der Waals surface area (Å²) in [5, 5.41) is 0. The molecule has 94 valence electrons. The van der Waals surface area contributed by atoms with Crippen molar-refractivity contribution in [1.29, 1.82) is 0 Å². The molecule has 1 aromatic rings. The molecule has 0 aliphatic carbocycles. The maximum absolute atomic E-state index is 6.15. The molecule has 0 aromatic heterocycles. The van der Waals surface area contributed by atoms with E-state index in [0.717, 1.165) is 25.9 Å². The van der Waals surface area contributed by atoms with E-state index >= 15 is 0 Å². The lowest BCUT2D eigenvalue weighted by Crippen LogP contribution is -2.22. The molecular weight excluding hydrogens is 208 g/mol. The van der Waals surface area contributed by atoms with Crippen LogP contribution in [-0.4, -0.2) is 25.0 Å². The molecule has 1 unspecified atom stereocenters. The van der Waals surface area contributed by atoms with Crippen LogP contribution in [0.4, 0.5) is 0 Å². The summed E-state index contributed by atoms with van der Waals surface area (Å²) in [4.78, 5) is 2.29. The van der Waals surface area contributed by atoms with Crippen molar-refractivity contribution in [2.75, 3.05) is 20.1 Å². The Kier molecular flexibility index (Phi) is 5.95. The second kappa shape index (κ2) is 7.25. The van der Waals surface area contributed by atoms with Crippen molar-refractivity contribution in [3.63, 3.8) is 0 Å². The summed E-state index contributed by atoms with van der Waals surface area (Å²) in [5.41, 5.74) is 8.59. The van der Waals surface area contributed by atoms with Gasteiger partial charge in [0.25, 0.3) is 0 Å². The third kappa shape index (κ3) is 5.66. The second-order valence-electron chi connectivity index (χ2n) is 4.85. The third-order valence-electron chi connectivity index (χ3n) is 2.82. The van der Waals surface area contributed by atoms with Gasteiger partial charge in [0.1, 0.15) is 0 Å². The van der Waals surface area contributed by atoms with E-state index in [-0.39, 0.29) is 6.04 Å². The summed E-state index contributed by atoms with van der Waals surface area (Å²) >= 11 is 0. The molecule has 0 amide bonds. The van der Waals surface area contributed by atoms with Gasteiger partial charge in [0.05, 0.1) is 0 Å². The van der Waals surface area contributed by atoms with Crippen LogP contribution in [0.25, 0.3) is 0 Å². The maximum atomic E-state index is 6.15. The first-order chi connectivity index (χ1) is 8.09. The van der Waals surface area contributed by atoms with Crippen molar-refractivity contribution in [3.8, 4) is 0 Å². The Morgan fingerprint density at radius 2 is 2.00 bits per heavy atom. The molecule has 1 atom stereocenters. The average Bonchev–Trinajstić information content (AvgIpc) is 2.29. The quantitative estimate of drug-likeness (QED) is 0.732. The number of nitrogens with zero attached hydrogens (tertiary/aromatic N) is 1. The molecule has 0 saturated carbocycles. The van der Waals surface area contributed by atoms with E-state index in [9.17, 15) is 0 Å². The molecule has 0 spiro atoms. The normalized spacial score (nSPS) is 12.7. The third-order valence-corrected chi connectivity index (χ3v) is 2.82. The average molecular weight is 232 g/mol. The Labute approximate surface area is 105 Å². The number of rotatable bonds is 7. The largest absolute Gasteiger partial charge is 0.324 e. The van der Waals surface area contributed by atoms with Gasteiger partial charge < -0.3 is 10.6 Å². The monoisotopic (exact) mass is 232 g/mol. The fraction of sp³-hybridized carbons (Fsp3) is 0.467. The SMILES string of the molecule is C=C(C)CN(C)CCCC(N)c1ccccc1. The molecular formula is C15H24N2. The van der Waals surface area contributed by atoms with E-state index in [1.165, 1.54) is 11.1 Å². The van der Waals surface area contributed by atoms with Crippen LogP contribution in [0.1, 0.15) is 31.4 Å². The van der Waals surface area contributed by atoms with Gasteiger partial charge >= 0.3 is 0 Å². The first-order valence-electron chi connectivity index (χ1n) is 6.23. The topological polar surface area (TPSA) is 29.3 Å². The zero-order chi connectivity index (χ0) is 12.7. The number of likely N-dealkylation sites (N-methyl/N-ethyl adjacent to an activating group) is 1. The smallest absolute Gasteiger partial charge is 0.0295 e. The van der Waals surface area contributed by atoms with Crippen LogP contribution >= 0.6 is 0 Å². The molecule has 0 saturated heterocycles. The van der Waals surface area contributed by atoms with Crippen LogP contribution in [0, 0.1) is 0 Å². The highest BCUT2D eigenvalue weighted by atomic mass is 15.1. The molecule has 2 heteroatoms. The summed E-state index contributed by atoms with van der Waals surface area (Å²) in [5.74, 6) is 0. The zero-order valence-electron chi connectivity index (χ0n) is 11.0. The van der Waals surface area contributed by atoms with Crippen LogP contribution in [-0.2, 0) is 0 Å². The minimum absolute atomic E-state index is 0.162. The number of hydrogen-bond acceptors (Lipinski definition) is 2. The molecule has 0 heterocycles. The number of nitrogens with two attached hydrogens (primary N) is 1. The molecule has 1 rings (SSSR count). The standard InChI is InChI=1S/C15H24N2/c1-13(2)12-17(3)11-7-10-15(16)14-8-5-4-6-9-14/h4-6,8-9,15H,1,7,10-12,16H2,2-3H3. The van der Waals surface area contributed by atoms with Crippen molar-refractivity contribution < 1.29 is 0 Å². The van der Waals surface area contributed by atoms with Gasteiger partial charge in [0.15, 0.2) is 0 Å². The minimum Gasteiger partial charge on any atom is -0.324 e. The Bertz CT molecular complexity index is 332. The van der Waals surface area contributed by atoms with Crippen molar-refractivity contribution in [2.24, 2.45) is 5.73 Å². The van der Waals surface area contributed by atoms with Crippen molar-refractivity contribution in [1.82, 2.24) is 4.90 Å². The van der Waals surface area contributed by atoms with Crippen LogP contribution in [0.2, 0.25) is 0 Å². The lowest BCUT2D eigenvalue weighted by atomic mass is 10.0. The van der Waals surface area contributed by atoms with Crippen molar-refractivity contribution in [3.05, 3.63) is 48.0 Å². The van der Waals surface area contributed by atoms with Gasteiger partial charge in [-0.1, -0.05) is 42.5 Å². The zero-order valence-corrected chi connectivity index (χ0v) is 11.0. The predicted molar refractivity (Wildman–Crippen MR) is 74.9 cm³/mol. The first kappa shape index (κ1) is 13.9. The second-order valence-corrected chi connectivity index (χ2v) is 4.85.